The zero-order valence-corrected chi connectivity index (χ0v) is 15.4. The van der Waals surface area contributed by atoms with Crippen LogP contribution in [0.5, 0.6) is 0 Å². The van der Waals surface area contributed by atoms with Crippen molar-refractivity contribution in [2.24, 2.45) is 0 Å². The molecule has 1 aliphatic rings. The van der Waals surface area contributed by atoms with Crippen molar-refractivity contribution in [2.45, 2.75) is 13.3 Å². The Kier molecular flexibility index (Phi) is 6.01. The van der Waals surface area contributed by atoms with Crippen molar-refractivity contribution in [3.05, 3.63) is 42.4 Å². The van der Waals surface area contributed by atoms with E-state index >= 15 is 0 Å². The second-order valence-electron chi connectivity index (χ2n) is 6.50. The SMILES string of the molecule is CCCNC(=O)c1cnc(Nc2ccc(N3CCN(C)CC3)cc2)cn1. The molecule has 0 unspecified atom stereocenters. The summed E-state index contributed by atoms with van der Waals surface area (Å²) >= 11 is 0. The number of amides is 1. The van der Waals surface area contributed by atoms with E-state index in [9.17, 15) is 4.79 Å². The minimum atomic E-state index is -0.192. The van der Waals surface area contributed by atoms with Crippen molar-refractivity contribution >= 4 is 23.1 Å². The third-order valence-electron chi connectivity index (χ3n) is 4.43. The van der Waals surface area contributed by atoms with E-state index in [0.29, 0.717) is 18.1 Å². The molecule has 7 nitrogen and oxygen atoms in total. The maximum absolute atomic E-state index is 11.8. The van der Waals surface area contributed by atoms with Gasteiger partial charge < -0.3 is 20.4 Å². The van der Waals surface area contributed by atoms with Crippen molar-refractivity contribution in [1.82, 2.24) is 20.2 Å². The molecular formula is C19H26N6O. The Bertz CT molecular complexity index is 708. The Balaban J connectivity index is 1.58. The number of hydrogen-bond donors (Lipinski definition) is 2. The van der Waals surface area contributed by atoms with Crippen molar-refractivity contribution in [3.8, 4) is 0 Å². The number of carbonyl (C=O) groups is 1. The molecule has 7 heteroatoms. The van der Waals surface area contributed by atoms with Crippen molar-refractivity contribution < 1.29 is 4.79 Å². The molecule has 0 bridgehead atoms. The molecule has 1 fully saturated rings. The van der Waals surface area contributed by atoms with E-state index < -0.39 is 0 Å². The molecular weight excluding hydrogens is 328 g/mol. The van der Waals surface area contributed by atoms with Crippen LogP contribution in [-0.2, 0) is 0 Å². The summed E-state index contributed by atoms with van der Waals surface area (Å²) < 4.78 is 0. The maximum atomic E-state index is 11.8. The second kappa shape index (κ2) is 8.62. The van der Waals surface area contributed by atoms with E-state index in [2.05, 4.69) is 49.6 Å². The Labute approximate surface area is 154 Å². The van der Waals surface area contributed by atoms with Gasteiger partial charge in [0.05, 0.1) is 12.4 Å². The Morgan fingerprint density at radius 1 is 1.08 bits per heavy atom. The number of nitrogens with one attached hydrogen (secondary N) is 2. The summed E-state index contributed by atoms with van der Waals surface area (Å²) in [6, 6.07) is 8.32. The average Bonchev–Trinajstić information content (AvgIpc) is 2.68. The van der Waals surface area contributed by atoms with Crippen LogP contribution in [0.4, 0.5) is 17.2 Å². The monoisotopic (exact) mass is 354 g/mol. The van der Waals surface area contributed by atoms with E-state index in [4.69, 9.17) is 0 Å². The quantitative estimate of drug-likeness (QED) is 0.828. The highest BCUT2D eigenvalue weighted by atomic mass is 16.1. The molecule has 0 spiro atoms. The fraction of sp³-hybridized carbons (Fsp3) is 0.421. The summed E-state index contributed by atoms with van der Waals surface area (Å²) in [5, 5.41) is 6.01. The van der Waals surface area contributed by atoms with Crippen LogP contribution in [0.25, 0.3) is 0 Å². The predicted octanol–water partition coefficient (Wildman–Crippen LogP) is 2.11. The highest BCUT2D eigenvalue weighted by molar-refractivity contribution is 5.92. The topological polar surface area (TPSA) is 73.4 Å². The average molecular weight is 354 g/mol. The molecule has 0 atom stereocenters. The van der Waals surface area contributed by atoms with Crippen LogP contribution in [0.15, 0.2) is 36.7 Å². The number of carbonyl (C=O) groups excluding carboxylic acids is 1. The van der Waals surface area contributed by atoms with Gasteiger partial charge in [-0.1, -0.05) is 6.92 Å². The fourth-order valence-corrected chi connectivity index (χ4v) is 2.81. The molecule has 2 aromatic rings. The lowest BCUT2D eigenvalue weighted by Gasteiger charge is -2.34. The number of piperazine rings is 1. The van der Waals surface area contributed by atoms with Gasteiger partial charge in [0.15, 0.2) is 0 Å². The number of rotatable bonds is 6. The minimum absolute atomic E-state index is 0.192. The van der Waals surface area contributed by atoms with Crippen LogP contribution in [0, 0.1) is 0 Å². The summed E-state index contributed by atoms with van der Waals surface area (Å²) in [6.45, 7) is 6.93. The Morgan fingerprint density at radius 3 is 2.42 bits per heavy atom. The normalized spacial score (nSPS) is 14.9. The molecule has 0 radical (unpaired) electrons. The van der Waals surface area contributed by atoms with Gasteiger partial charge in [0.2, 0.25) is 0 Å². The highest BCUT2D eigenvalue weighted by Gasteiger charge is 2.14. The highest BCUT2D eigenvalue weighted by Crippen LogP contribution is 2.21. The number of aromatic nitrogens is 2. The van der Waals surface area contributed by atoms with Gasteiger partial charge >= 0.3 is 0 Å². The predicted molar refractivity (Wildman–Crippen MR) is 104 cm³/mol. The van der Waals surface area contributed by atoms with Gasteiger partial charge in [0.25, 0.3) is 5.91 Å². The minimum Gasteiger partial charge on any atom is -0.369 e. The van der Waals surface area contributed by atoms with Gasteiger partial charge in [0.1, 0.15) is 11.5 Å². The van der Waals surface area contributed by atoms with E-state index in [-0.39, 0.29) is 5.91 Å². The van der Waals surface area contributed by atoms with E-state index in [0.717, 1.165) is 38.3 Å². The molecule has 0 saturated carbocycles. The van der Waals surface area contributed by atoms with Crippen molar-refractivity contribution in [1.29, 1.82) is 0 Å². The lowest BCUT2D eigenvalue weighted by atomic mass is 10.2. The number of hydrogen-bond acceptors (Lipinski definition) is 6. The molecule has 2 N–H and O–H groups in total. The van der Waals surface area contributed by atoms with Crippen LogP contribution in [0.1, 0.15) is 23.8 Å². The fourth-order valence-electron chi connectivity index (χ4n) is 2.81. The van der Waals surface area contributed by atoms with Gasteiger partial charge in [0, 0.05) is 44.1 Å². The van der Waals surface area contributed by atoms with Crippen LogP contribution < -0.4 is 15.5 Å². The number of anilines is 3. The second-order valence-corrected chi connectivity index (χ2v) is 6.50. The lowest BCUT2D eigenvalue weighted by molar-refractivity contribution is 0.0948. The number of benzene rings is 1. The van der Waals surface area contributed by atoms with Crippen molar-refractivity contribution in [3.63, 3.8) is 0 Å². The third-order valence-corrected chi connectivity index (χ3v) is 4.43. The van der Waals surface area contributed by atoms with E-state index in [1.54, 1.807) is 6.20 Å². The Morgan fingerprint density at radius 2 is 1.81 bits per heavy atom. The molecule has 1 aliphatic heterocycles. The molecule has 1 aromatic carbocycles. The van der Waals surface area contributed by atoms with Crippen LogP contribution in [0.2, 0.25) is 0 Å². The zero-order valence-electron chi connectivity index (χ0n) is 15.4. The van der Waals surface area contributed by atoms with Gasteiger partial charge in [-0.3, -0.25) is 4.79 Å². The number of nitrogens with zero attached hydrogens (tertiary/aromatic N) is 4. The number of likely N-dealkylation sites (N-methyl/N-ethyl adjacent to an activating group) is 1. The first-order valence-corrected chi connectivity index (χ1v) is 9.06. The zero-order chi connectivity index (χ0) is 18.4. The summed E-state index contributed by atoms with van der Waals surface area (Å²) in [5.41, 5.74) is 2.51. The summed E-state index contributed by atoms with van der Waals surface area (Å²) in [5.74, 6) is 0.423. The summed E-state index contributed by atoms with van der Waals surface area (Å²) in [4.78, 5) is 25.0. The summed E-state index contributed by atoms with van der Waals surface area (Å²) in [6.07, 6.45) is 3.96. The molecule has 26 heavy (non-hydrogen) atoms. The van der Waals surface area contributed by atoms with E-state index in [1.165, 1.54) is 11.9 Å². The molecule has 138 valence electrons. The standard InChI is InChI=1S/C19H26N6O/c1-3-8-20-19(26)17-13-22-18(14-21-17)23-15-4-6-16(7-5-15)25-11-9-24(2)10-12-25/h4-7,13-14H,3,8-12H2,1-2H3,(H,20,26)(H,22,23). The molecule has 3 rings (SSSR count). The van der Waals surface area contributed by atoms with Crippen molar-refractivity contribution in [2.75, 3.05) is 50.0 Å². The first kappa shape index (κ1) is 18.1. The lowest BCUT2D eigenvalue weighted by Crippen LogP contribution is -2.44. The van der Waals surface area contributed by atoms with Gasteiger partial charge in [-0.05, 0) is 37.7 Å². The largest absolute Gasteiger partial charge is 0.369 e. The molecule has 2 heterocycles. The van der Waals surface area contributed by atoms with Gasteiger partial charge in [-0.15, -0.1) is 0 Å². The first-order chi connectivity index (χ1) is 12.7. The smallest absolute Gasteiger partial charge is 0.271 e. The molecule has 1 saturated heterocycles. The van der Waals surface area contributed by atoms with E-state index in [1.807, 2.05) is 19.1 Å². The maximum Gasteiger partial charge on any atom is 0.271 e. The van der Waals surface area contributed by atoms with Crippen LogP contribution in [0.3, 0.4) is 0 Å². The van der Waals surface area contributed by atoms with Crippen LogP contribution >= 0.6 is 0 Å². The summed E-state index contributed by atoms with van der Waals surface area (Å²) in [7, 11) is 2.16. The third kappa shape index (κ3) is 4.70. The van der Waals surface area contributed by atoms with Gasteiger partial charge in [-0.2, -0.15) is 0 Å². The molecule has 1 aromatic heterocycles. The molecule has 1 amide bonds. The molecule has 0 aliphatic carbocycles. The van der Waals surface area contributed by atoms with Crippen LogP contribution in [-0.4, -0.2) is 60.5 Å². The first-order valence-electron chi connectivity index (χ1n) is 9.06. The van der Waals surface area contributed by atoms with Gasteiger partial charge in [-0.25, -0.2) is 9.97 Å². The Hall–Kier alpha value is -2.67.